The first-order valence-electron chi connectivity index (χ1n) is 6.43. The summed E-state index contributed by atoms with van der Waals surface area (Å²) in [5, 5.41) is 0. The molecule has 0 amide bonds. The normalized spacial score (nSPS) is 16.3. The van der Waals surface area contributed by atoms with E-state index < -0.39 is 0 Å². The first-order chi connectivity index (χ1) is 7.85. The van der Waals surface area contributed by atoms with Crippen molar-refractivity contribution in [3.8, 4) is 0 Å². The molecule has 0 N–H and O–H groups in total. The van der Waals surface area contributed by atoms with Crippen LogP contribution in [0.25, 0.3) is 0 Å². The van der Waals surface area contributed by atoms with E-state index in [1.54, 1.807) is 0 Å². The summed E-state index contributed by atoms with van der Waals surface area (Å²) >= 11 is 0. The van der Waals surface area contributed by atoms with Crippen LogP contribution in [0.15, 0.2) is 34.4 Å². The van der Waals surface area contributed by atoms with E-state index in [2.05, 4.69) is 38.2 Å². The second-order valence-electron chi connectivity index (χ2n) is 4.38. The predicted octanol–water partition coefficient (Wildman–Crippen LogP) is -1.29. The van der Waals surface area contributed by atoms with Crippen molar-refractivity contribution in [1.82, 2.24) is 0 Å². The van der Waals surface area contributed by atoms with Crippen molar-refractivity contribution < 1.29 is 50.7 Å². The first kappa shape index (κ1) is 21.7. The molecule has 2 aliphatic rings. The van der Waals surface area contributed by atoms with Gasteiger partial charge in [0.15, 0.2) is 0 Å². The van der Waals surface area contributed by atoms with E-state index in [9.17, 15) is 0 Å². The van der Waals surface area contributed by atoms with Gasteiger partial charge in [0.2, 0.25) is 0 Å². The van der Waals surface area contributed by atoms with Gasteiger partial charge in [-0.2, -0.15) is 23.3 Å². The van der Waals surface area contributed by atoms with Crippen LogP contribution in [0.2, 0.25) is 0 Å². The standard InChI is InChI=1S/C16H20.2ClH.Hf/c1-3-13-7-5-9-15(13)11-12-16-10-6-8-14(16)4-2;;;/h9-10H,3-6,11-12H2,1-2H3;2*1H;/q-2;;;+4/p-2. The van der Waals surface area contributed by atoms with Crippen LogP contribution in [0.4, 0.5) is 0 Å². The van der Waals surface area contributed by atoms with Gasteiger partial charge in [-0.1, -0.05) is 26.7 Å². The zero-order chi connectivity index (χ0) is 11.4. The fraction of sp³-hybridized carbons (Fsp3) is 0.500. The summed E-state index contributed by atoms with van der Waals surface area (Å²) in [6, 6.07) is 0. The molecule has 0 heterocycles. The maximum atomic E-state index is 3.44. The summed E-state index contributed by atoms with van der Waals surface area (Å²) in [6.45, 7) is 4.45. The molecule has 3 heteroatoms. The maximum absolute atomic E-state index is 3.44. The molecule has 0 unspecified atom stereocenters. The van der Waals surface area contributed by atoms with E-state index >= 15 is 0 Å². The van der Waals surface area contributed by atoms with Gasteiger partial charge in [-0.05, 0) is 0 Å². The molecule has 0 aromatic rings. The van der Waals surface area contributed by atoms with Crippen molar-refractivity contribution in [2.45, 2.75) is 52.4 Å². The Morgan fingerprint density at radius 3 is 1.53 bits per heavy atom. The summed E-state index contributed by atoms with van der Waals surface area (Å²) in [5.74, 6) is 0. The smallest absolute Gasteiger partial charge is 1.00 e. The molecule has 0 nitrogen and oxygen atoms in total. The minimum absolute atomic E-state index is 0. The van der Waals surface area contributed by atoms with Gasteiger partial charge >= 0.3 is 25.8 Å². The third-order valence-corrected chi connectivity index (χ3v) is 3.47. The van der Waals surface area contributed by atoms with Crippen molar-refractivity contribution in [1.29, 1.82) is 0 Å². The van der Waals surface area contributed by atoms with Gasteiger partial charge in [0.05, 0.1) is 0 Å². The fourth-order valence-electron chi connectivity index (χ4n) is 2.55. The molecular formula is C16H20Cl2Hf. The van der Waals surface area contributed by atoms with Crippen molar-refractivity contribution in [3.63, 3.8) is 0 Å². The van der Waals surface area contributed by atoms with Gasteiger partial charge in [0, 0.05) is 0 Å². The zero-order valence-electron chi connectivity index (χ0n) is 11.7. The number of hydrogen-bond donors (Lipinski definition) is 0. The van der Waals surface area contributed by atoms with E-state index in [0.717, 1.165) is 25.7 Å². The Bertz CT molecular complexity index is 352. The molecule has 0 atom stereocenters. The Morgan fingerprint density at radius 2 is 1.21 bits per heavy atom. The second-order valence-corrected chi connectivity index (χ2v) is 4.38. The molecule has 0 radical (unpaired) electrons. The molecular weight excluding hydrogens is 442 g/mol. The van der Waals surface area contributed by atoms with Crippen LogP contribution < -0.4 is 24.8 Å². The van der Waals surface area contributed by atoms with E-state index in [1.165, 1.54) is 35.1 Å². The molecule has 0 aromatic carbocycles. The summed E-state index contributed by atoms with van der Waals surface area (Å²) in [4.78, 5) is 0. The largest absolute Gasteiger partial charge is 4.00 e. The topological polar surface area (TPSA) is 0 Å². The third kappa shape index (κ3) is 5.73. The third-order valence-electron chi connectivity index (χ3n) is 3.47. The molecule has 2 aliphatic carbocycles. The van der Waals surface area contributed by atoms with Gasteiger partial charge in [-0.3, -0.25) is 12.2 Å². The van der Waals surface area contributed by atoms with Crippen molar-refractivity contribution >= 4 is 0 Å². The van der Waals surface area contributed by atoms with Crippen LogP contribution in [-0.4, -0.2) is 0 Å². The number of allylic oxidation sites excluding steroid dienone is 8. The molecule has 0 spiro atoms. The zero-order valence-corrected chi connectivity index (χ0v) is 16.8. The van der Waals surface area contributed by atoms with E-state index in [-0.39, 0.29) is 50.7 Å². The summed E-state index contributed by atoms with van der Waals surface area (Å²) < 4.78 is 0. The molecule has 0 saturated heterocycles. The van der Waals surface area contributed by atoms with Crippen LogP contribution in [0, 0.1) is 12.2 Å². The maximum Gasteiger partial charge on any atom is 4.00 e. The molecule has 19 heavy (non-hydrogen) atoms. The Kier molecular flexibility index (Phi) is 12.7. The molecule has 0 fully saturated rings. The van der Waals surface area contributed by atoms with Crippen LogP contribution in [-0.2, 0) is 25.8 Å². The summed E-state index contributed by atoms with van der Waals surface area (Å²) in [7, 11) is 0. The minimum Gasteiger partial charge on any atom is -1.00 e. The molecule has 0 bridgehead atoms. The van der Waals surface area contributed by atoms with Gasteiger partial charge in [-0.25, -0.2) is 11.1 Å². The van der Waals surface area contributed by atoms with Crippen molar-refractivity contribution in [2.75, 3.05) is 0 Å². The van der Waals surface area contributed by atoms with Crippen molar-refractivity contribution in [3.05, 3.63) is 46.6 Å². The molecule has 2 rings (SSSR count). The quantitative estimate of drug-likeness (QED) is 0.353. The number of rotatable bonds is 5. The van der Waals surface area contributed by atoms with E-state index in [1.807, 2.05) is 0 Å². The average Bonchev–Trinajstić information content (AvgIpc) is 2.94. The molecule has 102 valence electrons. The monoisotopic (exact) mass is 462 g/mol. The second kappa shape index (κ2) is 11.1. The Labute approximate surface area is 149 Å². The number of hydrogen-bond acceptors (Lipinski definition) is 0. The first-order valence-corrected chi connectivity index (χ1v) is 6.43. The predicted molar refractivity (Wildman–Crippen MR) is 68.7 cm³/mol. The Balaban J connectivity index is 0. The van der Waals surface area contributed by atoms with Gasteiger partial charge in [-0.15, -0.1) is 25.7 Å². The van der Waals surface area contributed by atoms with E-state index in [4.69, 9.17) is 0 Å². The van der Waals surface area contributed by atoms with Gasteiger partial charge < -0.3 is 24.8 Å². The minimum atomic E-state index is 0. The molecule has 0 aliphatic heterocycles. The van der Waals surface area contributed by atoms with Crippen LogP contribution >= 0.6 is 0 Å². The summed E-state index contributed by atoms with van der Waals surface area (Å²) in [6.07, 6.45) is 18.3. The van der Waals surface area contributed by atoms with Gasteiger partial charge in [0.25, 0.3) is 0 Å². The SMILES string of the molecule is CCC1=[C-]CC=C1CCC1=CC[C-]=C1CC.[Cl-].[Cl-].[Hf+4]. The Hall–Kier alpha value is 0.410. The average molecular weight is 462 g/mol. The Morgan fingerprint density at radius 1 is 0.842 bits per heavy atom. The van der Waals surface area contributed by atoms with E-state index in [0.29, 0.717) is 0 Å². The van der Waals surface area contributed by atoms with Crippen LogP contribution in [0.1, 0.15) is 52.4 Å². The van der Waals surface area contributed by atoms with Crippen LogP contribution in [0.5, 0.6) is 0 Å². The molecule has 0 saturated carbocycles. The molecule has 0 aromatic heterocycles. The fourth-order valence-corrected chi connectivity index (χ4v) is 2.55. The van der Waals surface area contributed by atoms with Gasteiger partial charge in [0.1, 0.15) is 0 Å². The summed E-state index contributed by atoms with van der Waals surface area (Å²) in [5.41, 5.74) is 5.96. The van der Waals surface area contributed by atoms with Crippen molar-refractivity contribution in [2.24, 2.45) is 0 Å². The number of halogens is 2. The van der Waals surface area contributed by atoms with Crippen LogP contribution in [0.3, 0.4) is 0 Å².